The maximum atomic E-state index is 13.9. The number of nitrogens with zero attached hydrogens (tertiary/aromatic N) is 2. The molecule has 0 aliphatic carbocycles. The minimum atomic E-state index is -0.439. The van der Waals surface area contributed by atoms with Gasteiger partial charge < -0.3 is 0 Å². The Labute approximate surface area is 110 Å². The predicted molar refractivity (Wildman–Crippen MR) is 68.4 cm³/mol. The number of hydrogen-bond donors (Lipinski definition) is 2. The highest BCUT2D eigenvalue weighted by Gasteiger charge is 2.17. The molecule has 18 heavy (non-hydrogen) atoms. The second-order valence-electron chi connectivity index (χ2n) is 4.09. The minimum absolute atomic E-state index is 0.0962. The molecule has 2 rings (SSSR count). The van der Waals surface area contributed by atoms with Crippen LogP contribution in [-0.2, 0) is 13.5 Å². The molecule has 0 saturated heterocycles. The molecular weight excluding hydrogens is 255 g/mol. The Morgan fingerprint density at radius 2 is 2.33 bits per heavy atom. The molecule has 3 N–H and O–H groups in total. The molecule has 1 aromatic carbocycles. The van der Waals surface area contributed by atoms with Gasteiger partial charge in [-0.1, -0.05) is 23.7 Å². The normalized spacial score (nSPS) is 12.7. The van der Waals surface area contributed by atoms with Crippen molar-refractivity contribution >= 4 is 11.6 Å². The first kappa shape index (κ1) is 13.0. The monoisotopic (exact) mass is 268 g/mol. The Morgan fingerprint density at radius 3 is 2.94 bits per heavy atom. The fraction of sp³-hybridized carbons (Fsp3) is 0.250. The summed E-state index contributed by atoms with van der Waals surface area (Å²) in [7, 11) is 1.83. The molecule has 0 aliphatic rings. The molecule has 0 amide bonds. The van der Waals surface area contributed by atoms with Gasteiger partial charge in [0.15, 0.2) is 0 Å². The second kappa shape index (κ2) is 5.48. The number of aryl methyl sites for hydroxylation is 1. The van der Waals surface area contributed by atoms with Crippen LogP contribution in [0.2, 0.25) is 5.02 Å². The van der Waals surface area contributed by atoms with Gasteiger partial charge in [-0.05, 0) is 18.1 Å². The molecule has 0 fully saturated rings. The van der Waals surface area contributed by atoms with Gasteiger partial charge in [0.05, 0.1) is 17.3 Å². The first-order valence-corrected chi connectivity index (χ1v) is 5.87. The summed E-state index contributed by atoms with van der Waals surface area (Å²) in [5.74, 6) is 5.05. The first-order valence-electron chi connectivity index (χ1n) is 5.49. The highest BCUT2D eigenvalue weighted by atomic mass is 35.5. The van der Waals surface area contributed by atoms with Gasteiger partial charge in [-0.2, -0.15) is 5.10 Å². The van der Waals surface area contributed by atoms with E-state index in [2.05, 4.69) is 10.5 Å². The van der Waals surface area contributed by atoms with Gasteiger partial charge in [0.25, 0.3) is 0 Å². The quantitative estimate of drug-likeness (QED) is 0.658. The van der Waals surface area contributed by atoms with Crippen LogP contribution in [0.25, 0.3) is 0 Å². The average molecular weight is 269 g/mol. The standard InChI is InChI=1S/C12H14ClFN4/c1-18-7-8(6-16-18)5-11(17-15)9-3-2-4-10(13)12(9)14/h2-4,6-7,11,17H,5,15H2,1H3. The Balaban J connectivity index is 2.25. The second-order valence-corrected chi connectivity index (χ2v) is 4.50. The maximum Gasteiger partial charge on any atom is 0.146 e. The van der Waals surface area contributed by atoms with E-state index in [1.807, 2.05) is 13.2 Å². The zero-order chi connectivity index (χ0) is 13.1. The van der Waals surface area contributed by atoms with Crippen molar-refractivity contribution in [2.75, 3.05) is 0 Å². The van der Waals surface area contributed by atoms with Crippen LogP contribution in [0.3, 0.4) is 0 Å². The zero-order valence-corrected chi connectivity index (χ0v) is 10.7. The van der Waals surface area contributed by atoms with E-state index in [9.17, 15) is 4.39 Å². The summed E-state index contributed by atoms with van der Waals surface area (Å²) in [6, 6.07) is 4.54. The molecule has 0 saturated carbocycles. The first-order chi connectivity index (χ1) is 8.61. The third-order valence-corrected chi connectivity index (χ3v) is 3.05. The van der Waals surface area contributed by atoms with Crippen LogP contribution in [-0.4, -0.2) is 9.78 Å². The summed E-state index contributed by atoms with van der Waals surface area (Å²) in [6.07, 6.45) is 4.14. The fourth-order valence-electron chi connectivity index (χ4n) is 1.86. The average Bonchev–Trinajstić information content (AvgIpc) is 2.76. The maximum absolute atomic E-state index is 13.9. The fourth-order valence-corrected chi connectivity index (χ4v) is 2.04. The third kappa shape index (κ3) is 2.69. The molecule has 1 unspecified atom stereocenters. The van der Waals surface area contributed by atoms with Crippen molar-refractivity contribution in [1.82, 2.24) is 15.2 Å². The van der Waals surface area contributed by atoms with Crippen molar-refractivity contribution in [3.8, 4) is 0 Å². The number of nitrogens with one attached hydrogen (secondary N) is 1. The Bertz CT molecular complexity index is 541. The van der Waals surface area contributed by atoms with E-state index >= 15 is 0 Å². The van der Waals surface area contributed by atoms with Gasteiger partial charge in [-0.15, -0.1) is 0 Å². The smallest absolute Gasteiger partial charge is 0.146 e. The molecule has 0 spiro atoms. The summed E-state index contributed by atoms with van der Waals surface area (Å²) in [5, 5.41) is 4.16. The van der Waals surface area contributed by atoms with E-state index in [1.165, 1.54) is 6.07 Å². The SMILES string of the molecule is Cn1cc(CC(NN)c2cccc(Cl)c2F)cn1. The largest absolute Gasteiger partial charge is 0.276 e. The lowest BCUT2D eigenvalue weighted by Gasteiger charge is -2.16. The van der Waals surface area contributed by atoms with E-state index in [-0.39, 0.29) is 11.1 Å². The van der Waals surface area contributed by atoms with E-state index in [0.717, 1.165) is 5.56 Å². The van der Waals surface area contributed by atoms with Gasteiger partial charge in [0, 0.05) is 18.8 Å². The van der Waals surface area contributed by atoms with Crippen LogP contribution < -0.4 is 11.3 Å². The Kier molecular flexibility index (Phi) is 3.96. The Morgan fingerprint density at radius 1 is 1.56 bits per heavy atom. The zero-order valence-electron chi connectivity index (χ0n) is 9.90. The summed E-state index contributed by atoms with van der Waals surface area (Å²) in [6.45, 7) is 0. The van der Waals surface area contributed by atoms with Crippen LogP contribution in [0.1, 0.15) is 17.2 Å². The van der Waals surface area contributed by atoms with Crippen LogP contribution in [0.15, 0.2) is 30.6 Å². The van der Waals surface area contributed by atoms with Crippen LogP contribution >= 0.6 is 11.6 Å². The number of halogens is 2. The lowest BCUT2D eigenvalue weighted by molar-refractivity contribution is 0.510. The third-order valence-electron chi connectivity index (χ3n) is 2.76. The van der Waals surface area contributed by atoms with Gasteiger partial charge in [-0.3, -0.25) is 16.0 Å². The number of aromatic nitrogens is 2. The highest BCUT2D eigenvalue weighted by Crippen LogP contribution is 2.25. The molecule has 96 valence electrons. The van der Waals surface area contributed by atoms with Crippen LogP contribution in [0, 0.1) is 5.82 Å². The molecule has 0 aliphatic heterocycles. The van der Waals surface area contributed by atoms with Gasteiger partial charge in [0.2, 0.25) is 0 Å². The summed E-state index contributed by atoms with van der Waals surface area (Å²) in [4.78, 5) is 0. The molecule has 4 nitrogen and oxygen atoms in total. The molecule has 0 bridgehead atoms. The molecule has 1 atom stereocenters. The van der Waals surface area contributed by atoms with Crippen LogP contribution in [0.5, 0.6) is 0 Å². The topological polar surface area (TPSA) is 55.9 Å². The number of benzene rings is 1. The van der Waals surface area contributed by atoms with Crippen molar-refractivity contribution in [3.63, 3.8) is 0 Å². The molecule has 1 aromatic heterocycles. The lowest BCUT2D eigenvalue weighted by atomic mass is 10.0. The number of rotatable bonds is 4. The number of nitrogens with two attached hydrogens (primary N) is 1. The van der Waals surface area contributed by atoms with Crippen molar-refractivity contribution in [3.05, 3.63) is 52.6 Å². The molecular formula is C12H14ClFN4. The summed E-state index contributed by atoms with van der Waals surface area (Å²) < 4.78 is 15.6. The van der Waals surface area contributed by atoms with Gasteiger partial charge in [0.1, 0.15) is 5.82 Å². The van der Waals surface area contributed by atoms with Crippen LogP contribution in [0.4, 0.5) is 4.39 Å². The number of hydrazine groups is 1. The van der Waals surface area contributed by atoms with Crippen molar-refractivity contribution in [1.29, 1.82) is 0 Å². The van der Waals surface area contributed by atoms with E-state index < -0.39 is 5.82 Å². The van der Waals surface area contributed by atoms with Crippen molar-refractivity contribution < 1.29 is 4.39 Å². The molecule has 1 heterocycles. The number of hydrogen-bond acceptors (Lipinski definition) is 3. The molecule has 6 heteroatoms. The minimum Gasteiger partial charge on any atom is -0.276 e. The van der Waals surface area contributed by atoms with E-state index in [0.29, 0.717) is 12.0 Å². The van der Waals surface area contributed by atoms with Gasteiger partial charge >= 0.3 is 0 Å². The van der Waals surface area contributed by atoms with E-state index in [1.54, 1.807) is 23.0 Å². The highest BCUT2D eigenvalue weighted by molar-refractivity contribution is 6.30. The van der Waals surface area contributed by atoms with E-state index in [4.69, 9.17) is 17.4 Å². The van der Waals surface area contributed by atoms with Gasteiger partial charge in [-0.25, -0.2) is 4.39 Å². The van der Waals surface area contributed by atoms with Crippen molar-refractivity contribution in [2.45, 2.75) is 12.5 Å². The summed E-state index contributed by atoms with van der Waals surface area (Å²) in [5.41, 5.74) is 4.03. The molecule has 2 aromatic rings. The Hall–Kier alpha value is -1.43. The summed E-state index contributed by atoms with van der Waals surface area (Å²) >= 11 is 5.76. The lowest BCUT2D eigenvalue weighted by Crippen LogP contribution is -2.30. The van der Waals surface area contributed by atoms with Crippen molar-refractivity contribution in [2.24, 2.45) is 12.9 Å². The molecule has 0 radical (unpaired) electrons. The predicted octanol–water partition coefficient (Wildman–Crippen LogP) is 1.96.